The highest BCUT2D eigenvalue weighted by molar-refractivity contribution is 5.70. The van der Waals surface area contributed by atoms with Crippen molar-refractivity contribution in [3.8, 4) is 11.4 Å². The summed E-state index contributed by atoms with van der Waals surface area (Å²) in [5.41, 5.74) is 3.04. The highest BCUT2D eigenvalue weighted by Crippen LogP contribution is 2.23. The van der Waals surface area contributed by atoms with E-state index in [-0.39, 0.29) is 11.9 Å². The van der Waals surface area contributed by atoms with E-state index in [1.807, 2.05) is 36.5 Å². The molecule has 6 nitrogen and oxygen atoms in total. The standard InChI is InChI=1S/C26H37NO5/c1-4-7-8-9-20-32-23-13-11-22(12-14-23)27-19-18-21(10-16-25(28)30-5-2)24(27)15-17-26(29)31-6-3/h11-14,18-19H,4-10,15-17,20H2,1-3H3. The molecule has 0 unspecified atom stereocenters. The molecule has 2 aromatic rings. The second kappa shape index (κ2) is 14.3. The molecule has 0 aliphatic heterocycles. The zero-order valence-corrected chi connectivity index (χ0v) is 19.7. The van der Waals surface area contributed by atoms with Gasteiger partial charge in [-0.05, 0) is 69.0 Å². The number of hydrogen-bond acceptors (Lipinski definition) is 5. The molecule has 2 rings (SSSR count). The summed E-state index contributed by atoms with van der Waals surface area (Å²) in [5, 5.41) is 0. The lowest BCUT2D eigenvalue weighted by atomic mass is 10.1. The van der Waals surface area contributed by atoms with Crippen molar-refractivity contribution in [2.24, 2.45) is 0 Å². The highest BCUT2D eigenvalue weighted by Gasteiger charge is 2.15. The summed E-state index contributed by atoms with van der Waals surface area (Å²) < 4.78 is 18.1. The smallest absolute Gasteiger partial charge is 0.306 e. The van der Waals surface area contributed by atoms with Gasteiger partial charge in [0.15, 0.2) is 0 Å². The van der Waals surface area contributed by atoms with E-state index in [2.05, 4.69) is 11.5 Å². The van der Waals surface area contributed by atoms with Gasteiger partial charge < -0.3 is 18.8 Å². The molecule has 0 N–H and O–H groups in total. The average Bonchev–Trinajstić information content (AvgIpc) is 3.20. The third kappa shape index (κ3) is 8.40. The Morgan fingerprint density at radius 2 is 1.47 bits per heavy atom. The highest BCUT2D eigenvalue weighted by atomic mass is 16.5. The molecular weight excluding hydrogens is 406 g/mol. The number of esters is 2. The molecule has 0 spiro atoms. The lowest BCUT2D eigenvalue weighted by Gasteiger charge is -2.13. The van der Waals surface area contributed by atoms with Crippen LogP contribution >= 0.6 is 0 Å². The van der Waals surface area contributed by atoms with Gasteiger partial charge in [0.2, 0.25) is 0 Å². The summed E-state index contributed by atoms with van der Waals surface area (Å²) in [6, 6.07) is 10.00. The van der Waals surface area contributed by atoms with Crippen LogP contribution in [0.1, 0.15) is 70.6 Å². The molecule has 0 bridgehead atoms. The van der Waals surface area contributed by atoms with Crippen LogP contribution in [0.25, 0.3) is 5.69 Å². The first kappa shape index (κ1) is 25.5. The van der Waals surface area contributed by atoms with Gasteiger partial charge in [-0.1, -0.05) is 26.2 Å². The number of rotatable bonds is 15. The Bertz CT molecular complexity index is 825. The Morgan fingerprint density at radius 3 is 2.09 bits per heavy atom. The number of carbonyl (C=O) groups is 2. The third-order valence-electron chi connectivity index (χ3n) is 5.24. The number of carbonyl (C=O) groups excluding carboxylic acids is 2. The molecule has 176 valence electrons. The third-order valence-corrected chi connectivity index (χ3v) is 5.24. The molecule has 1 aromatic carbocycles. The maximum absolute atomic E-state index is 11.9. The van der Waals surface area contributed by atoms with Crippen molar-refractivity contribution in [3.05, 3.63) is 47.8 Å². The Balaban J connectivity index is 2.10. The molecule has 6 heteroatoms. The van der Waals surface area contributed by atoms with Gasteiger partial charge in [-0.25, -0.2) is 0 Å². The van der Waals surface area contributed by atoms with E-state index in [4.69, 9.17) is 14.2 Å². The van der Waals surface area contributed by atoms with E-state index in [1.165, 1.54) is 19.3 Å². The zero-order chi connectivity index (χ0) is 23.2. The van der Waals surface area contributed by atoms with Gasteiger partial charge in [0.1, 0.15) is 5.75 Å². The first-order valence-electron chi connectivity index (χ1n) is 11.8. The summed E-state index contributed by atoms with van der Waals surface area (Å²) in [4.78, 5) is 23.8. The van der Waals surface area contributed by atoms with Crippen LogP contribution in [0, 0.1) is 0 Å². The number of aryl methyl sites for hydroxylation is 1. The summed E-state index contributed by atoms with van der Waals surface area (Å²) in [6.07, 6.45) is 8.42. The molecular formula is C26H37NO5. The number of hydrogen-bond donors (Lipinski definition) is 0. The van der Waals surface area contributed by atoms with Gasteiger partial charge in [-0.3, -0.25) is 9.59 Å². The number of unbranched alkanes of at least 4 members (excludes halogenated alkanes) is 3. The van der Waals surface area contributed by atoms with Crippen molar-refractivity contribution >= 4 is 11.9 Å². The Morgan fingerprint density at radius 1 is 0.812 bits per heavy atom. The fourth-order valence-corrected chi connectivity index (χ4v) is 3.60. The molecule has 0 amide bonds. The van der Waals surface area contributed by atoms with Crippen molar-refractivity contribution in [1.82, 2.24) is 4.57 Å². The minimum atomic E-state index is -0.219. The average molecular weight is 444 g/mol. The van der Waals surface area contributed by atoms with Gasteiger partial charge in [0.05, 0.1) is 26.2 Å². The number of nitrogens with zero attached hydrogens (tertiary/aromatic N) is 1. The molecule has 1 aromatic heterocycles. The number of ether oxygens (including phenoxy) is 3. The van der Waals surface area contributed by atoms with Crippen molar-refractivity contribution in [1.29, 1.82) is 0 Å². The first-order valence-corrected chi connectivity index (χ1v) is 11.8. The van der Waals surface area contributed by atoms with Crippen molar-refractivity contribution in [3.63, 3.8) is 0 Å². The lowest BCUT2D eigenvalue weighted by Crippen LogP contribution is -2.10. The second-order valence-corrected chi connectivity index (χ2v) is 7.67. The fourth-order valence-electron chi connectivity index (χ4n) is 3.60. The summed E-state index contributed by atoms with van der Waals surface area (Å²) in [7, 11) is 0. The first-order chi connectivity index (χ1) is 15.6. The van der Waals surface area contributed by atoms with E-state index >= 15 is 0 Å². The largest absolute Gasteiger partial charge is 0.494 e. The van der Waals surface area contributed by atoms with Crippen LogP contribution in [0.5, 0.6) is 5.75 Å². The molecule has 0 radical (unpaired) electrons. The van der Waals surface area contributed by atoms with Crippen molar-refractivity contribution in [2.45, 2.75) is 72.1 Å². The molecule has 0 saturated carbocycles. The maximum atomic E-state index is 11.9. The van der Waals surface area contributed by atoms with E-state index in [0.29, 0.717) is 38.9 Å². The van der Waals surface area contributed by atoms with Crippen LogP contribution < -0.4 is 4.74 Å². The minimum absolute atomic E-state index is 0.211. The SMILES string of the molecule is CCCCCCOc1ccc(-n2ccc(CCC(=O)OCC)c2CCC(=O)OCC)cc1. The van der Waals surface area contributed by atoms with Crippen LogP contribution in [-0.4, -0.2) is 36.3 Å². The Kier molecular flexibility index (Phi) is 11.4. The number of aromatic nitrogens is 1. The Labute approximate surface area is 191 Å². The molecule has 0 atom stereocenters. The maximum Gasteiger partial charge on any atom is 0.306 e. The van der Waals surface area contributed by atoms with Gasteiger partial charge in [-0.15, -0.1) is 0 Å². The van der Waals surface area contributed by atoms with Gasteiger partial charge in [0.25, 0.3) is 0 Å². The van der Waals surface area contributed by atoms with Crippen molar-refractivity contribution in [2.75, 3.05) is 19.8 Å². The lowest BCUT2D eigenvalue weighted by molar-refractivity contribution is -0.144. The van der Waals surface area contributed by atoms with Crippen LogP contribution in [0.3, 0.4) is 0 Å². The van der Waals surface area contributed by atoms with Crippen LogP contribution in [0.15, 0.2) is 36.5 Å². The quantitative estimate of drug-likeness (QED) is 0.271. The second-order valence-electron chi connectivity index (χ2n) is 7.67. The number of benzene rings is 1. The van der Waals surface area contributed by atoms with Crippen LogP contribution in [0.2, 0.25) is 0 Å². The normalized spacial score (nSPS) is 10.7. The van der Waals surface area contributed by atoms with Crippen molar-refractivity contribution < 1.29 is 23.8 Å². The molecule has 0 aliphatic rings. The van der Waals surface area contributed by atoms with Gasteiger partial charge in [-0.2, -0.15) is 0 Å². The predicted molar refractivity (Wildman–Crippen MR) is 125 cm³/mol. The zero-order valence-electron chi connectivity index (χ0n) is 19.7. The van der Waals surface area contributed by atoms with Gasteiger partial charge in [0, 0.05) is 24.0 Å². The molecule has 0 aliphatic carbocycles. The van der Waals surface area contributed by atoms with Gasteiger partial charge >= 0.3 is 11.9 Å². The molecule has 1 heterocycles. The molecule has 0 saturated heterocycles. The van der Waals surface area contributed by atoms with E-state index < -0.39 is 0 Å². The topological polar surface area (TPSA) is 66.8 Å². The monoisotopic (exact) mass is 443 g/mol. The fraction of sp³-hybridized carbons (Fsp3) is 0.538. The predicted octanol–water partition coefficient (Wildman–Crippen LogP) is 5.43. The Hall–Kier alpha value is -2.76. The van der Waals surface area contributed by atoms with E-state index in [1.54, 1.807) is 13.8 Å². The minimum Gasteiger partial charge on any atom is -0.494 e. The summed E-state index contributed by atoms with van der Waals surface area (Å²) in [6.45, 7) is 7.28. The van der Waals surface area contributed by atoms with Crippen LogP contribution in [-0.2, 0) is 31.9 Å². The summed E-state index contributed by atoms with van der Waals surface area (Å²) >= 11 is 0. The van der Waals surface area contributed by atoms with Crippen LogP contribution in [0.4, 0.5) is 0 Å². The molecule has 32 heavy (non-hydrogen) atoms. The van der Waals surface area contributed by atoms with E-state index in [0.717, 1.165) is 35.7 Å². The van der Waals surface area contributed by atoms with E-state index in [9.17, 15) is 9.59 Å². The molecule has 0 fully saturated rings. The summed E-state index contributed by atoms with van der Waals surface area (Å²) in [5.74, 6) is 0.424.